The molecule has 0 radical (unpaired) electrons. The summed E-state index contributed by atoms with van der Waals surface area (Å²) in [7, 11) is 1.66. The second-order valence-corrected chi connectivity index (χ2v) is 3.36. The van der Waals surface area contributed by atoms with Crippen molar-refractivity contribution < 1.29 is 14.4 Å². The lowest BCUT2D eigenvalue weighted by Gasteiger charge is -2.17. The van der Waals surface area contributed by atoms with E-state index in [1.165, 1.54) is 11.8 Å². The van der Waals surface area contributed by atoms with Crippen LogP contribution in [0.25, 0.3) is 0 Å². The van der Waals surface area contributed by atoms with Crippen molar-refractivity contribution in [1.82, 2.24) is 15.5 Å². The number of hydrogen-bond acceptors (Lipinski definition) is 4. The van der Waals surface area contributed by atoms with Gasteiger partial charge in [-0.3, -0.25) is 20.2 Å². The van der Waals surface area contributed by atoms with E-state index in [0.29, 0.717) is 6.54 Å². The second-order valence-electron chi connectivity index (χ2n) is 3.36. The zero-order valence-electron chi connectivity index (χ0n) is 9.74. The Morgan fingerprint density at radius 1 is 1.38 bits per heavy atom. The molecule has 0 heterocycles. The van der Waals surface area contributed by atoms with E-state index in [9.17, 15) is 14.4 Å². The molecule has 0 bridgehead atoms. The molecule has 0 aromatic heterocycles. The molecule has 0 aliphatic rings. The number of primary amides is 1. The summed E-state index contributed by atoms with van der Waals surface area (Å²) >= 11 is 0. The van der Waals surface area contributed by atoms with Gasteiger partial charge in [0.1, 0.15) is 0 Å². The molecule has 7 nitrogen and oxygen atoms in total. The van der Waals surface area contributed by atoms with Crippen LogP contribution in [0.4, 0.5) is 4.79 Å². The van der Waals surface area contributed by atoms with Gasteiger partial charge in [-0.1, -0.05) is 0 Å². The van der Waals surface area contributed by atoms with Crippen molar-refractivity contribution in [2.24, 2.45) is 5.73 Å². The fourth-order valence-electron chi connectivity index (χ4n) is 0.874. The molecule has 0 fully saturated rings. The summed E-state index contributed by atoms with van der Waals surface area (Å²) in [5.74, 6) is -0.680. The lowest BCUT2D eigenvalue weighted by molar-refractivity contribution is -0.129. The third-order valence-electron chi connectivity index (χ3n) is 2.10. The average Bonchev–Trinajstić information content (AvgIpc) is 2.23. The molecule has 0 saturated heterocycles. The summed E-state index contributed by atoms with van der Waals surface area (Å²) in [5.41, 5.74) is 4.78. The number of imide groups is 1. The van der Waals surface area contributed by atoms with E-state index in [0.717, 1.165) is 0 Å². The summed E-state index contributed by atoms with van der Waals surface area (Å²) in [6, 6.07) is -1.56. The lowest BCUT2D eigenvalue weighted by Crippen LogP contribution is -2.48. The van der Waals surface area contributed by atoms with Gasteiger partial charge in [-0.2, -0.15) is 0 Å². The van der Waals surface area contributed by atoms with Crippen LogP contribution in [0.3, 0.4) is 0 Å². The van der Waals surface area contributed by atoms with Gasteiger partial charge in [-0.05, 0) is 13.8 Å². The molecule has 7 heteroatoms. The summed E-state index contributed by atoms with van der Waals surface area (Å²) in [6.45, 7) is 4.03. The molecule has 0 spiro atoms. The van der Waals surface area contributed by atoms with Crippen molar-refractivity contribution in [2.75, 3.05) is 20.1 Å². The highest BCUT2D eigenvalue weighted by molar-refractivity contribution is 5.96. The van der Waals surface area contributed by atoms with Crippen LogP contribution in [-0.4, -0.2) is 48.9 Å². The molecule has 0 aromatic carbocycles. The Kier molecular flexibility index (Phi) is 6.09. The first-order valence-electron chi connectivity index (χ1n) is 4.96. The lowest BCUT2D eigenvalue weighted by atomic mass is 10.3. The van der Waals surface area contributed by atoms with Crippen molar-refractivity contribution in [1.29, 1.82) is 0 Å². The average molecular weight is 230 g/mol. The standard InChI is InChI=1S/C9H18N4O3/c1-4-13(3)7(14)5-11-6(2)8(15)12-9(10)16/h6,11H,4-5H2,1-3H3,(H3,10,12,15,16). The van der Waals surface area contributed by atoms with Gasteiger partial charge >= 0.3 is 6.03 Å². The van der Waals surface area contributed by atoms with E-state index in [1.54, 1.807) is 7.05 Å². The minimum absolute atomic E-state index is 0.0394. The van der Waals surface area contributed by atoms with Gasteiger partial charge in [0.2, 0.25) is 11.8 Å². The Bertz CT molecular complexity index is 280. The second kappa shape index (κ2) is 6.78. The maximum atomic E-state index is 11.4. The van der Waals surface area contributed by atoms with Crippen molar-refractivity contribution in [3.63, 3.8) is 0 Å². The molecule has 0 aliphatic heterocycles. The van der Waals surface area contributed by atoms with E-state index in [4.69, 9.17) is 5.73 Å². The molecule has 1 unspecified atom stereocenters. The normalized spacial score (nSPS) is 11.7. The molecule has 4 N–H and O–H groups in total. The number of nitrogens with one attached hydrogen (secondary N) is 2. The van der Waals surface area contributed by atoms with Crippen LogP contribution in [0.1, 0.15) is 13.8 Å². The van der Waals surface area contributed by atoms with E-state index >= 15 is 0 Å². The maximum Gasteiger partial charge on any atom is 0.318 e. The van der Waals surface area contributed by atoms with Crippen LogP contribution in [0.15, 0.2) is 0 Å². The predicted octanol–water partition coefficient (Wildman–Crippen LogP) is -1.36. The molecule has 92 valence electrons. The van der Waals surface area contributed by atoms with Gasteiger partial charge < -0.3 is 10.6 Å². The number of likely N-dealkylation sites (N-methyl/N-ethyl adjacent to an activating group) is 1. The Labute approximate surface area is 94.3 Å². The van der Waals surface area contributed by atoms with E-state index in [-0.39, 0.29) is 12.5 Å². The van der Waals surface area contributed by atoms with Gasteiger partial charge in [0.25, 0.3) is 0 Å². The van der Waals surface area contributed by atoms with E-state index in [2.05, 4.69) is 5.32 Å². The molecule has 1 atom stereocenters. The topological polar surface area (TPSA) is 105 Å². The number of urea groups is 1. The highest BCUT2D eigenvalue weighted by Crippen LogP contribution is 1.85. The highest BCUT2D eigenvalue weighted by Gasteiger charge is 2.15. The summed E-state index contributed by atoms with van der Waals surface area (Å²) in [4.78, 5) is 34.5. The summed E-state index contributed by atoms with van der Waals surface area (Å²) in [5, 5.41) is 4.61. The monoisotopic (exact) mass is 230 g/mol. The van der Waals surface area contributed by atoms with E-state index < -0.39 is 18.0 Å². The minimum atomic E-state index is -0.907. The molecule has 0 aliphatic carbocycles. The number of nitrogens with two attached hydrogens (primary N) is 1. The van der Waals surface area contributed by atoms with Gasteiger partial charge in [-0.15, -0.1) is 0 Å². The van der Waals surface area contributed by atoms with Crippen molar-refractivity contribution in [3.05, 3.63) is 0 Å². The third kappa shape index (κ3) is 5.30. The fourth-order valence-corrected chi connectivity index (χ4v) is 0.874. The minimum Gasteiger partial charge on any atom is -0.351 e. The number of amides is 4. The molecular weight excluding hydrogens is 212 g/mol. The SMILES string of the molecule is CCN(C)C(=O)CNC(C)C(=O)NC(N)=O. The molecule has 0 saturated carbocycles. The van der Waals surface area contributed by atoms with Gasteiger partial charge in [0, 0.05) is 13.6 Å². The number of hydrogen-bond donors (Lipinski definition) is 3. The number of carbonyl (C=O) groups is 3. The molecular formula is C9H18N4O3. The third-order valence-corrected chi connectivity index (χ3v) is 2.10. The van der Waals surface area contributed by atoms with Crippen LogP contribution < -0.4 is 16.4 Å². The first-order chi connectivity index (χ1) is 7.38. The summed E-state index contributed by atoms with van der Waals surface area (Å²) < 4.78 is 0. The zero-order chi connectivity index (χ0) is 12.7. The highest BCUT2D eigenvalue weighted by atomic mass is 16.2. The van der Waals surface area contributed by atoms with Crippen LogP contribution in [0.2, 0.25) is 0 Å². The van der Waals surface area contributed by atoms with Crippen molar-refractivity contribution >= 4 is 17.8 Å². The Balaban J connectivity index is 3.97. The van der Waals surface area contributed by atoms with Gasteiger partial charge in [0.15, 0.2) is 0 Å². The first kappa shape index (κ1) is 14.4. The van der Waals surface area contributed by atoms with Gasteiger partial charge in [-0.25, -0.2) is 4.79 Å². The quantitative estimate of drug-likeness (QED) is 0.542. The molecule has 4 amide bonds. The van der Waals surface area contributed by atoms with Crippen LogP contribution in [0.5, 0.6) is 0 Å². The maximum absolute atomic E-state index is 11.4. The van der Waals surface area contributed by atoms with Crippen LogP contribution in [-0.2, 0) is 9.59 Å². The predicted molar refractivity (Wildman–Crippen MR) is 58.5 cm³/mol. The number of rotatable bonds is 5. The van der Waals surface area contributed by atoms with Crippen molar-refractivity contribution in [2.45, 2.75) is 19.9 Å². The van der Waals surface area contributed by atoms with Crippen molar-refractivity contribution in [3.8, 4) is 0 Å². The first-order valence-corrected chi connectivity index (χ1v) is 4.96. The number of nitrogens with zero attached hydrogens (tertiary/aromatic N) is 1. The largest absolute Gasteiger partial charge is 0.351 e. The van der Waals surface area contributed by atoms with Gasteiger partial charge in [0.05, 0.1) is 12.6 Å². The van der Waals surface area contributed by atoms with Crippen LogP contribution in [0, 0.1) is 0 Å². The Morgan fingerprint density at radius 3 is 2.38 bits per heavy atom. The summed E-state index contributed by atoms with van der Waals surface area (Å²) in [6.07, 6.45) is 0. The molecule has 16 heavy (non-hydrogen) atoms. The fraction of sp³-hybridized carbons (Fsp3) is 0.667. The number of carbonyl (C=O) groups excluding carboxylic acids is 3. The molecule has 0 aromatic rings. The Morgan fingerprint density at radius 2 is 1.94 bits per heavy atom. The molecule has 0 rings (SSSR count). The van der Waals surface area contributed by atoms with Crippen LogP contribution >= 0.6 is 0 Å². The van der Waals surface area contributed by atoms with E-state index in [1.807, 2.05) is 12.2 Å². The Hall–Kier alpha value is -1.63. The smallest absolute Gasteiger partial charge is 0.318 e. The zero-order valence-corrected chi connectivity index (χ0v) is 9.74.